The summed E-state index contributed by atoms with van der Waals surface area (Å²) in [5.41, 5.74) is 0. The molecule has 0 atom stereocenters. The topological polar surface area (TPSA) is 0 Å². The highest BCUT2D eigenvalue weighted by atomic mass is 31.2. The molecule has 0 spiro atoms. The van der Waals surface area contributed by atoms with Gasteiger partial charge in [0.1, 0.15) is 23.2 Å². The van der Waals surface area contributed by atoms with Crippen LogP contribution in [0.15, 0.2) is 116 Å². The average molecular weight is 442 g/mol. The lowest BCUT2D eigenvalue weighted by molar-refractivity contribution is 0.726. The average Bonchev–Trinajstić information content (AvgIpc) is 2.87. The Bertz CT molecular complexity index is 816. The van der Waals surface area contributed by atoms with E-state index in [1.54, 1.807) is 0 Å². The lowest BCUT2D eigenvalue weighted by atomic mass is 10.1. The molecule has 3 rings (SSSR count). The summed E-state index contributed by atoms with van der Waals surface area (Å²) in [5, 5.41) is 4.49. The Morgan fingerprint density at radius 3 is 1.34 bits per heavy atom. The van der Waals surface area contributed by atoms with E-state index in [1.807, 2.05) is 6.08 Å². The summed E-state index contributed by atoms with van der Waals surface area (Å²) in [5.74, 6) is 0. The van der Waals surface area contributed by atoms with E-state index in [4.69, 9.17) is 0 Å². The molecular weight excluding hydrogens is 403 g/mol. The van der Waals surface area contributed by atoms with Crippen LogP contribution in [-0.4, -0.2) is 6.16 Å². The number of hydrogen-bond acceptors (Lipinski definition) is 0. The number of hydrogen-bond donors (Lipinski definition) is 0. The van der Waals surface area contributed by atoms with Gasteiger partial charge < -0.3 is 0 Å². The van der Waals surface area contributed by atoms with Gasteiger partial charge in [0.05, 0.1) is 6.16 Å². The third-order valence-corrected chi connectivity index (χ3v) is 10.7. The molecule has 0 radical (unpaired) electrons. The molecule has 1 heteroatoms. The zero-order valence-electron chi connectivity index (χ0n) is 19.4. The fourth-order valence-electron chi connectivity index (χ4n) is 4.46. The van der Waals surface area contributed by atoms with Crippen LogP contribution in [0.25, 0.3) is 0 Å². The van der Waals surface area contributed by atoms with Gasteiger partial charge in [-0.1, -0.05) is 72.8 Å². The third kappa shape index (κ3) is 6.78. The predicted molar refractivity (Wildman–Crippen MR) is 146 cm³/mol. The highest BCUT2D eigenvalue weighted by molar-refractivity contribution is 7.95. The molecule has 0 aromatic heterocycles. The first-order valence-electron chi connectivity index (χ1n) is 12.2. The first-order chi connectivity index (χ1) is 15.9. The van der Waals surface area contributed by atoms with Crippen LogP contribution in [0.5, 0.6) is 0 Å². The maximum atomic E-state index is 3.80. The first kappa shape index (κ1) is 24.2. The Labute approximate surface area is 196 Å². The van der Waals surface area contributed by atoms with Crippen LogP contribution >= 0.6 is 7.26 Å². The van der Waals surface area contributed by atoms with Crippen molar-refractivity contribution in [3.63, 3.8) is 0 Å². The molecule has 0 fully saturated rings. The van der Waals surface area contributed by atoms with Gasteiger partial charge >= 0.3 is 0 Å². The van der Waals surface area contributed by atoms with Crippen LogP contribution in [0.4, 0.5) is 0 Å². The first-order valence-corrected chi connectivity index (χ1v) is 14.2. The molecule has 0 saturated carbocycles. The van der Waals surface area contributed by atoms with Gasteiger partial charge in [-0.15, -0.1) is 6.58 Å². The molecule has 166 valence electrons. The van der Waals surface area contributed by atoms with E-state index < -0.39 is 7.26 Å². The Hall–Kier alpha value is -2.43. The van der Waals surface area contributed by atoms with Crippen molar-refractivity contribution in [2.24, 2.45) is 0 Å². The van der Waals surface area contributed by atoms with Crippen LogP contribution in [-0.2, 0) is 0 Å². The van der Waals surface area contributed by atoms with Gasteiger partial charge in [0.15, 0.2) is 0 Å². The number of rotatable bonds is 14. The molecule has 3 aromatic carbocycles. The van der Waals surface area contributed by atoms with Crippen molar-refractivity contribution < 1.29 is 0 Å². The molecule has 32 heavy (non-hydrogen) atoms. The summed E-state index contributed by atoms with van der Waals surface area (Å²) in [6.07, 6.45) is 17.9. The van der Waals surface area contributed by atoms with E-state index in [9.17, 15) is 0 Å². The zero-order valence-corrected chi connectivity index (χ0v) is 20.3. The Morgan fingerprint density at radius 1 is 0.500 bits per heavy atom. The largest absolute Gasteiger partial charge is 0.112 e. The molecule has 3 aromatic rings. The molecule has 0 bridgehead atoms. The second-order valence-corrected chi connectivity index (χ2v) is 12.0. The molecular formula is C31H38P+. The van der Waals surface area contributed by atoms with E-state index in [0.717, 1.165) is 6.42 Å². The second kappa shape index (κ2) is 13.9. The second-order valence-electron chi connectivity index (χ2n) is 8.43. The monoisotopic (exact) mass is 441 g/mol. The van der Waals surface area contributed by atoms with E-state index in [0.29, 0.717) is 0 Å². The van der Waals surface area contributed by atoms with Crippen molar-refractivity contribution in [2.45, 2.75) is 51.4 Å². The van der Waals surface area contributed by atoms with E-state index in [1.165, 1.54) is 67.0 Å². The fourth-order valence-corrected chi connectivity index (χ4v) is 8.87. The normalized spacial score (nSPS) is 11.6. The van der Waals surface area contributed by atoms with Gasteiger partial charge in [-0.05, 0) is 87.8 Å². The molecule has 0 nitrogen and oxygen atoms in total. The zero-order chi connectivity index (χ0) is 22.3. The van der Waals surface area contributed by atoms with Gasteiger partial charge in [-0.25, -0.2) is 0 Å². The summed E-state index contributed by atoms with van der Waals surface area (Å²) in [6, 6.07) is 33.7. The summed E-state index contributed by atoms with van der Waals surface area (Å²) in [4.78, 5) is 0. The molecule has 0 heterocycles. The van der Waals surface area contributed by atoms with Crippen molar-refractivity contribution in [3.05, 3.63) is 116 Å². The van der Waals surface area contributed by atoms with Crippen LogP contribution in [0.2, 0.25) is 0 Å². The standard InChI is InChI=1S/C31H38P/c1-2-3-4-5-6-7-8-9-10-11-21-28-32(29-22-15-12-16-23-29,30-24-17-13-18-25-30)31-26-19-14-20-27-31/h2,7-8,12-20,22-27H,1,3-6,9-11,21,28H2/q+1/b8-7+. The van der Waals surface area contributed by atoms with Crippen molar-refractivity contribution >= 4 is 23.2 Å². The summed E-state index contributed by atoms with van der Waals surface area (Å²) < 4.78 is 0. The smallest absolute Gasteiger partial charge is 0.103 e. The van der Waals surface area contributed by atoms with E-state index >= 15 is 0 Å². The van der Waals surface area contributed by atoms with Crippen LogP contribution in [0.3, 0.4) is 0 Å². The van der Waals surface area contributed by atoms with Gasteiger partial charge in [0.25, 0.3) is 0 Å². The van der Waals surface area contributed by atoms with Gasteiger partial charge in [0.2, 0.25) is 0 Å². The number of unbranched alkanes of at least 4 members (excludes halogenated alkanes) is 6. The van der Waals surface area contributed by atoms with Gasteiger partial charge in [-0.3, -0.25) is 0 Å². The highest BCUT2D eigenvalue weighted by Crippen LogP contribution is 2.55. The van der Waals surface area contributed by atoms with Crippen molar-refractivity contribution in [1.82, 2.24) is 0 Å². The van der Waals surface area contributed by atoms with E-state index in [2.05, 4.69) is 110 Å². The number of benzene rings is 3. The SMILES string of the molecule is C=CCCCC/C=C/CCCCC[P+](c1ccccc1)(c1ccccc1)c1ccccc1. The molecule has 0 amide bonds. The summed E-state index contributed by atoms with van der Waals surface area (Å²) >= 11 is 0. The molecule has 0 saturated heterocycles. The molecule has 0 aliphatic rings. The number of allylic oxidation sites excluding steroid dienone is 3. The predicted octanol–water partition coefficient (Wildman–Crippen LogP) is 7.84. The Kier molecular flexibility index (Phi) is 10.5. The maximum absolute atomic E-state index is 3.80. The van der Waals surface area contributed by atoms with Gasteiger partial charge in [0, 0.05) is 0 Å². The lowest BCUT2D eigenvalue weighted by Gasteiger charge is -2.27. The minimum absolute atomic E-state index is 1.14. The van der Waals surface area contributed by atoms with Crippen molar-refractivity contribution in [3.8, 4) is 0 Å². The van der Waals surface area contributed by atoms with Crippen molar-refractivity contribution in [2.75, 3.05) is 6.16 Å². The van der Waals surface area contributed by atoms with Crippen LogP contribution in [0, 0.1) is 0 Å². The maximum Gasteiger partial charge on any atom is 0.112 e. The Morgan fingerprint density at radius 2 is 0.906 bits per heavy atom. The summed E-state index contributed by atoms with van der Waals surface area (Å²) in [7, 11) is -1.66. The summed E-state index contributed by atoms with van der Waals surface area (Å²) in [6.45, 7) is 3.80. The van der Waals surface area contributed by atoms with Crippen molar-refractivity contribution in [1.29, 1.82) is 0 Å². The minimum Gasteiger partial charge on any atom is -0.103 e. The molecule has 0 unspecified atom stereocenters. The molecule has 0 aliphatic carbocycles. The fraction of sp³-hybridized carbons (Fsp3) is 0.290. The van der Waals surface area contributed by atoms with Crippen LogP contribution in [0.1, 0.15) is 51.4 Å². The molecule has 0 N–H and O–H groups in total. The minimum atomic E-state index is -1.66. The third-order valence-electron chi connectivity index (χ3n) is 6.15. The van der Waals surface area contributed by atoms with Gasteiger partial charge in [-0.2, -0.15) is 0 Å². The quantitative estimate of drug-likeness (QED) is 0.136. The lowest BCUT2D eigenvalue weighted by Crippen LogP contribution is -2.33. The van der Waals surface area contributed by atoms with Crippen LogP contribution < -0.4 is 15.9 Å². The Balaban J connectivity index is 1.69. The van der Waals surface area contributed by atoms with E-state index in [-0.39, 0.29) is 0 Å². The highest BCUT2D eigenvalue weighted by Gasteiger charge is 2.44. The molecule has 0 aliphatic heterocycles.